The van der Waals surface area contributed by atoms with Crippen LogP contribution in [0, 0.1) is 11.8 Å². The van der Waals surface area contributed by atoms with Crippen LogP contribution in [-0.2, 0) is 0 Å². The lowest BCUT2D eigenvalue weighted by molar-refractivity contribution is -0.179. The van der Waals surface area contributed by atoms with Gasteiger partial charge in [-0.05, 0) is 42.4 Å². The predicted octanol–water partition coefficient (Wildman–Crippen LogP) is 5.10. The summed E-state index contributed by atoms with van der Waals surface area (Å²) in [4.78, 5) is 14.1. The highest BCUT2D eigenvalue weighted by atomic mass is 19.4. The third-order valence-corrected chi connectivity index (χ3v) is 5.68. The first kappa shape index (κ1) is 24.1. The van der Waals surface area contributed by atoms with Crippen LogP contribution in [-0.4, -0.2) is 37.9 Å². The number of nitrogen functional groups attached to an aromatic ring is 1. The van der Waals surface area contributed by atoms with Gasteiger partial charge < -0.3 is 16.0 Å². The van der Waals surface area contributed by atoms with E-state index in [4.69, 9.17) is 5.73 Å². The summed E-state index contributed by atoms with van der Waals surface area (Å²) < 4.78 is 76.6. The molecule has 0 radical (unpaired) electrons. The van der Waals surface area contributed by atoms with E-state index < -0.39 is 30.7 Å². The molecule has 0 aliphatic carbocycles. The average Bonchev–Trinajstić information content (AvgIpc) is 2.64. The van der Waals surface area contributed by atoms with Gasteiger partial charge in [0.15, 0.2) is 0 Å². The van der Waals surface area contributed by atoms with E-state index in [1.165, 1.54) is 6.07 Å². The number of nitrogens with zero attached hydrogens (tertiary/aromatic N) is 1. The molecule has 3 N–H and O–H groups in total. The molecule has 1 aromatic rings. The molecule has 1 unspecified atom stereocenters. The molecule has 2 rings (SSSR count). The molecule has 0 spiro atoms. The fourth-order valence-electron chi connectivity index (χ4n) is 3.54. The second-order valence-electron chi connectivity index (χ2n) is 8.13. The molecule has 1 fully saturated rings. The molecular weight excluding hydrogens is 412 g/mol. The highest BCUT2D eigenvalue weighted by molar-refractivity contribution is 6.01. The van der Waals surface area contributed by atoms with Crippen LogP contribution in [0.25, 0.3) is 0 Å². The smallest absolute Gasteiger partial charge is 0.398 e. The Kier molecular flexibility index (Phi) is 7.19. The van der Waals surface area contributed by atoms with Crippen LogP contribution in [0.3, 0.4) is 0 Å². The summed E-state index contributed by atoms with van der Waals surface area (Å²) in [6.45, 7) is 4.46. The van der Waals surface area contributed by atoms with Gasteiger partial charge in [-0.25, -0.2) is 0 Å². The number of rotatable bonds is 5. The molecule has 0 saturated carbocycles. The largest absolute Gasteiger partial charge is 0.405 e. The van der Waals surface area contributed by atoms with Crippen molar-refractivity contribution >= 4 is 17.3 Å². The molecule has 4 nitrogen and oxygen atoms in total. The number of halogens is 6. The predicted molar refractivity (Wildman–Crippen MR) is 103 cm³/mol. The Morgan fingerprint density at radius 1 is 1.13 bits per heavy atom. The lowest BCUT2D eigenvalue weighted by Crippen LogP contribution is -2.40. The van der Waals surface area contributed by atoms with Gasteiger partial charge in [-0.1, -0.05) is 20.8 Å². The third kappa shape index (κ3) is 5.95. The summed E-state index contributed by atoms with van der Waals surface area (Å²) in [7, 11) is 0. The minimum absolute atomic E-state index is 0.0104. The van der Waals surface area contributed by atoms with Gasteiger partial charge in [-0.2, -0.15) is 26.3 Å². The molecule has 10 heteroatoms. The number of carbonyl (C=O) groups excluding carboxylic acids is 1. The van der Waals surface area contributed by atoms with Gasteiger partial charge in [0.2, 0.25) is 0 Å². The van der Waals surface area contributed by atoms with Crippen molar-refractivity contribution in [2.75, 3.05) is 30.3 Å². The fraction of sp³-hybridized carbons (Fsp3) is 0.650. The number of hydrogen-bond donors (Lipinski definition) is 2. The van der Waals surface area contributed by atoms with Gasteiger partial charge >= 0.3 is 12.4 Å². The zero-order valence-corrected chi connectivity index (χ0v) is 17.1. The highest BCUT2D eigenvalue weighted by Gasteiger charge is 2.41. The first-order chi connectivity index (χ1) is 13.7. The Morgan fingerprint density at radius 3 is 2.17 bits per heavy atom. The van der Waals surface area contributed by atoms with E-state index in [9.17, 15) is 31.1 Å². The second kappa shape index (κ2) is 8.93. The zero-order valence-electron chi connectivity index (χ0n) is 17.1. The van der Waals surface area contributed by atoms with Gasteiger partial charge in [0.1, 0.15) is 6.54 Å². The van der Waals surface area contributed by atoms with Crippen molar-refractivity contribution in [3.05, 3.63) is 23.3 Å². The molecule has 1 aromatic carbocycles. The van der Waals surface area contributed by atoms with E-state index in [-0.39, 0.29) is 49.0 Å². The maximum atomic E-state index is 13.0. The lowest BCUT2D eigenvalue weighted by Gasteiger charge is -2.36. The standard InChI is InChI=1S/C20H27F6N3O/c1-11(2)12(3)14-9-17(29-6-4-13(5-7-29)20(24,25)26)15(8-16(14)27)18(30)28-10-19(21,22)23/h8-9,11-13H,4-7,10,27H2,1-3H3,(H,28,30). The zero-order chi connectivity index (χ0) is 22.9. The molecule has 1 saturated heterocycles. The van der Waals surface area contributed by atoms with E-state index in [2.05, 4.69) is 0 Å². The fourth-order valence-corrected chi connectivity index (χ4v) is 3.54. The van der Waals surface area contributed by atoms with Crippen molar-refractivity contribution in [1.82, 2.24) is 5.32 Å². The van der Waals surface area contributed by atoms with Crippen LogP contribution < -0.4 is 16.0 Å². The number of nitrogens with two attached hydrogens (primary N) is 1. The van der Waals surface area contributed by atoms with Crippen LogP contribution in [0.15, 0.2) is 12.1 Å². The number of alkyl halides is 6. The second-order valence-corrected chi connectivity index (χ2v) is 8.13. The van der Waals surface area contributed by atoms with Crippen molar-refractivity contribution in [3.63, 3.8) is 0 Å². The Hall–Kier alpha value is -2.13. The maximum Gasteiger partial charge on any atom is 0.405 e. The minimum atomic E-state index is -4.58. The molecule has 0 aromatic heterocycles. The third-order valence-electron chi connectivity index (χ3n) is 5.68. The lowest BCUT2D eigenvalue weighted by atomic mass is 9.87. The van der Waals surface area contributed by atoms with E-state index in [0.29, 0.717) is 11.3 Å². The van der Waals surface area contributed by atoms with Crippen LogP contribution >= 0.6 is 0 Å². The molecule has 1 heterocycles. The Morgan fingerprint density at radius 2 is 1.70 bits per heavy atom. The Labute approximate surface area is 171 Å². The summed E-state index contributed by atoms with van der Waals surface area (Å²) >= 11 is 0. The van der Waals surface area contributed by atoms with E-state index in [0.717, 1.165) is 0 Å². The molecule has 1 aliphatic heterocycles. The monoisotopic (exact) mass is 439 g/mol. The number of carbonyl (C=O) groups is 1. The van der Waals surface area contributed by atoms with Crippen LogP contribution in [0.5, 0.6) is 0 Å². The van der Waals surface area contributed by atoms with Gasteiger partial charge in [0.25, 0.3) is 5.91 Å². The van der Waals surface area contributed by atoms with E-state index in [1.807, 2.05) is 26.1 Å². The highest BCUT2D eigenvalue weighted by Crippen LogP contribution is 2.39. The minimum Gasteiger partial charge on any atom is -0.398 e. The number of piperidine rings is 1. The maximum absolute atomic E-state index is 13.0. The van der Waals surface area contributed by atoms with Crippen LogP contribution in [0.1, 0.15) is 55.5 Å². The number of benzene rings is 1. The molecular formula is C20H27F6N3O. The summed E-state index contributed by atoms with van der Waals surface area (Å²) in [6.07, 6.45) is -9.17. The normalized spacial score (nSPS) is 17.3. The number of hydrogen-bond acceptors (Lipinski definition) is 3. The topological polar surface area (TPSA) is 58.4 Å². The molecule has 0 bridgehead atoms. The molecule has 30 heavy (non-hydrogen) atoms. The quantitative estimate of drug-likeness (QED) is 0.496. The molecule has 1 amide bonds. The molecule has 170 valence electrons. The van der Waals surface area contributed by atoms with Gasteiger partial charge in [-0.15, -0.1) is 0 Å². The molecule has 1 aliphatic rings. The van der Waals surface area contributed by atoms with Crippen LogP contribution in [0.4, 0.5) is 37.7 Å². The summed E-state index contributed by atoms with van der Waals surface area (Å²) in [6, 6.07) is 2.96. The SMILES string of the molecule is CC(C)C(C)c1cc(N2CCC(C(F)(F)F)CC2)c(C(=O)NCC(F)(F)F)cc1N. The van der Waals surface area contributed by atoms with E-state index in [1.54, 1.807) is 11.0 Å². The van der Waals surface area contributed by atoms with Crippen molar-refractivity contribution in [1.29, 1.82) is 0 Å². The van der Waals surface area contributed by atoms with Crippen molar-refractivity contribution < 1.29 is 31.1 Å². The van der Waals surface area contributed by atoms with Gasteiger partial charge in [-0.3, -0.25) is 4.79 Å². The van der Waals surface area contributed by atoms with Crippen LogP contribution in [0.2, 0.25) is 0 Å². The number of anilines is 2. The number of nitrogens with one attached hydrogen (secondary N) is 1. The summed E-state index contributed by atoms with van der Waals surface area (Å²) in [5, 5.41) is 1.82. The summed E-state index contributed by atoms with van der Waals surface area (Å²) in [5.74, 6) is -2.21. The van der Waals surface area contributed by atoms with Crippen molar-refractivity contribution in [3.8, 4) is 0 Å². The number of amides is 1. The first-order valence-electron chi connectivity index (χ1n) is 9.80. The summed E-state index contributed by atoms with van der Waals surface area (Å²) in [5.41, 5.74) is 7.31. The first-order valence-corrected chi connectivity index (χ1v) is 9.80. The van der Waals surface area contributed by atoms with E-state index >= 15 is 0 Å². The van der Waals surface area contributed by atoms with Gasteiger partial charge in [0.05, 0.1) is 11.5 Å². The average molecular weight is 439 g/mol. The van der Waals surface area contributed by atoms with Crippen molar-refractivity contribution in [2.45, 2.75) is 51.9 Å². The molecule has 1 atom stereocenters. The Bertz CT molecular complexity index is 752. The van der Waals surface area contributed by atoms with Gasteiger partial charge in [0, 0.05) is 24.5 Å². The Balaban J connectivity index is 2.39. The van der Waals surface area contributed by atoms with Crippen molar-refractivity contribution in [2.24, 2.45) is 11.8 Å².